The van der Waals surface area contributed by atoms with Gasteiger partial charge in [0.25, 0.3) is 0 Å². The minimum atomic E-state index is -0.246. The highest BCUT2D eigenvalue weighted by Gasteiger charge is 2.21. The highest BCUT2D eigenvalue weighted by Crippen LogP contribution is 2.07. The summed E-state index contributed by atoms with van der Waals surface area (Å²) < 4.78 is 1.47. The smallest absolute Gasteiger partial charge is 0.187 e. The Morgan fingerprint density at radius 1 is 1.50 bits per heavy atom. The molecule has 7 heteroatoms. The summed E-state index contributed by atoms with van der Waals surface area (Å²) in [5.41, 5.74) is -0.246. The third kappa shape index (κ3) is 1.66. The molecular weight excluding hydrogens is 206 g/mol. The van der Waals surface area contributed by atoms with E-state index >= 15 is 0 Å². The van der Waals surface area contributed by atoms with Crippen molar-refractivity contribution in [2.45, 2.75) is 5.50 Å². The van der Waals surface area contributed by atoms with Gasteiger partial charge in [-0.05, 0) is 24.4 Å². The largest absolute Gasteiger partial charge is 0.333 e. The maximum Gasteiger partial charge on any atom is 0.187 e. The molecule has 3 nitrogen and oxygen atoms in total. The predicted octanol–water partition coefficient (Wildman–Crippen LogP) is 0.109. The van der Waals surface area contributed by atoms with Crippen molar-refractivity contribution >= 4 is 60.1 Å². The van der Waals surface area contributed by atoms with Crippen LogP contribution in [0.2, 0.25) is 0 Å². The highest BCUT2D eigenvalue weighted by atomic mass is 32.1. The summed E-state index contributed by atoms with van der Waals surface area (Å²) in [6, 6.07) is 0. The van der Waals surface area contributed by atoms with Crippen LogP contribution >= 0.6 is 49.9 Å². The van der Waals surface area contributed by atoms with Crippen molar-refractivity contribution in [1.82, 2.24) is 14.9 Å². The van der Waals surface area contributed by atoms with Crippen LogP contribution in [0.15, 0.2) is 0 Å². The van der Waals surface area contributed by atoms with Crippen LogP contribution < -0.4 is 10.6 Å². The molecule has 0 aromatic heterocycles. The average Bonchev–Trinajstić information content (AvgIpc) is 1.82. The molecule has 0 aromatic carbocycles. The fraction of sp³-hybridized carbons (Fsp3) is 0.333. The van der Waals surface area contributed by atoms with Gasteiger partial charge in [-0.1, -0.05) is 12.8 Å². The van der Waals surface area contributed by atoms with Crippen LogP contribution in [0.5, 0.6) is 0 Å². The Kier molecular flexibility index (Phi) is 2.61. The van der Waals surface area contributed by atoms with Gasteiger partial charge in [0.15, 0.2) is 15.7 Å². The Labute approximate surface area is 80.5 Å². The molecule has 1 heterocycles. The van der Waals surface area contributed by atoms with E-state index in [0.29, 0.717) is 10.2 Å². The fourth-order valence-corrected chi connectivity index (χ4v) is 1.48. The van der Waals surface area contributed by atoms with Gasteiger partial charge in [-0.15, -0.1) is 12.6 Å². The monoisotopic (exact) mass is 211 g/mol. The first-order valence-corrected chi connectivity index (χ1v) is 4.12. The van der Waals surface area contributed by atoms with Gasteiger partial charge in [0.2, 0.25) is 0 Å². The average molecular weight is 211 g/mol. The molecule has 0 radical (unpaired) electrons. The van der Waals surface area contributed by atoms with Crippen LogP contribution in [0.3, 0.4) is 0 Å². The molecular formula is C3H5N3S4. The fourth-order valence-electron chi connectivity index (χ4n) is 0.480. The van der Waals surface area contributed by atoms with Crippen LogP contribution in [-0.4, -0.2) is 20.0 Å². The Bertz CT molecular complexity index is 181. The van der Waals surface area contributed by atoms with E-state index in [1.54, 1.807) is 0 Å². The molecule has 1 aliphatic rings. The molecule has 1 fully saturated rings. The van der Waals surface area contributed by atoms with E-state index in [0.717, 1.165) is 0 Å². The zero-order chi connectivity index (χ0) is 7.72. The van der Waals surface area contributed by atoms with E-state index < -0.39 is 0 Å². The molecule has 0 aromatic rings. The molecule has 56 valence electrons. The third-order valence-corrected chi connectivity index (χ3v) is 2.55. The van der Waals surface area contributed by atoms with E-state index in [-0.39, 0.29) is 5.50 Å². The van der Waals surface area contributed by atoms with Crippen molar-refractivity contribution in [2.24, 2.45) is 0 Å². The van der Waals surface area contributed by atoms with E-state index in [1.165, 1.54) is 4.31 Å². The van der Waals surface area contributed by atoms with E-state index in [4.69, 9.17) is 24.4 Å². The Hall–Kier alpha value is 0.280. The molecule has 0 saturated carbocycles. The molecule has 1 unspecified atom stereocenters. The maximum atomic E-state index is 4.84. The highest BCUT2D eigenvalue weighted by molar-refractivity contribution is 7.86. The second-order valence-electron chi connectivity index (χ2n) is 1.62. The lowest BCUT2D eigenvalue weighted by molar-refractivity contribution is 0.573. The molecule has 10 heavy (non-hydrogen) atoms. The normalized spacial score (nSPS) is 25.8. The number of thiocarbonyl (C=S) groups is 2. The summed E-state index contributed by atoms with van der Waals surface area (Å²) in [6.07, 6.45) is 0. The quantitative estimate of drug-likeness (QED) is 0.337. The Balaban J connectivity index is 2.66. The number of nitrogens with zero attached hydrogens (tertiary/aromatic N) is 1. The van der Waals surface area contributed by atoms with Gasteiger partial charge in [0.05, 0.1) is 0 Å². The van der Waals surface area contributed by atoms with Gasteiger partial charge in [-0.2, -0.15) is 0 Å². The Morgan fingerprint density at radius 2 is 2.10 bits per heavy atom. The van der Waals surface area contributed by atoms with Crippen molar-refractivity contribution in [3.05, 3.63) is 0 Å². The number of rotatable bonds is 0. The predicted molar refractivity (Wildman–Crippen MR) is 55.1 cm³/mol. The first-order valence-electron chi connectivity index (χ1n) is 2.39. The second-order valence-corrected chi connectivity index (χ2v) is 3.34. The zero-order valence-electron chi connectivity index (χ0n) is 4.74. The lowest BCUT2D eigenvalue weighted by Crippen LogP contribution is -2.57. The number of nitrogens with one attached hydrogen (secondary N) is 2. The van der Waals surface area contributed by atoms with E-state index in [1.807, 2.05) is 0 Å². The van der Waals surface area contributed by atoms with Crippen LogP contribution in [0.25, 0.3) is 0 Å². The lowest BCUT2D eigenvalue weighted by atomic mass is 10.7. The van der Waals surface area contributed by atoms with Gasteiger partial charge < -0.3 is 10.6 Å². The molecule has 0 aliphatic carbocycles. The van der Waals surface area contributed by atoms with Crippen LogP contribution in [0.1, 0.15) is 0 Å². The minimum Gasteiger partial charge on any atom is -0.333 e. The van der Waals surface area contributed by atoms with E-state index in [2.05, 4.69) is 36.1 Å². The summed E-state index contributed by atoms with van der Waals surface area (Å²) in [7, 11) is 0. The van der Waals surface area contributed by atoms with Crippen molar-refractivity contribution in [3.8, 4) is 0 Å². The molecule has 1 rings (SSSR count). The molecule has 0 spiro atoms. The van der Waals surface area contributed by atoms with Gasteiger partial charge in [0, 0.05) is 0 Å². The van der Waals surface area contributed by atoms with Crippen molar-refractivity contribution in [1.29, 1.82) is 0 Å². The van der Waals surface area contributed by atoms with Gasteiger partial charge in [0.1, 0.15) is 0 Å². The molecule has 0 bridgehead atoms. The lowest BCUT2D eigenvalue weighted by Gasteiger charge is -2.32. The van der Waals surface area contributed by atoms with Gasteiger partial charge in [-0.3, -0.25) is 4.31 Å². The SMILES string of the molecule is S=C1NC(=S)N(S)C(S)N1. The molecule has 1 saturated heterocycles. The molecule has 0 amide bonds. The standard InChI is InChI=1S/C3H5N3S4/c7-1-4-2(8)6(10)3(9)5-1/h2,8,10H,(H2,4,5,7,9). The van der Waals surface area contributed by atoms with Crippen molar-refractivity contribution < 1.29 is 0 Å². The third-order valence-electron chi connectivity index (χ3n) is 0.920. The molecule has 1 atom stereocenters. The number of thiol groups is 2. The summed E-state index contributed by atoms with van der Waals surface area (Å²) in [6.45, 7) is 0. The maximum absolute atomic E-state index is 4.84. The summed E-state index contributed by atoms with van der Waals surface area (Å²) in [4.78, 5) is 0. The first kappa shape index (κ1) is 8.38. The molecule has 1 aliphatic heterocycles. The second kappa shape index (κ2) is 3.12. The summed E-state index contributed by atoms with van der Waals surface area (Å²) >= 11 is 17.8. The number of hydrogen-bond acceptors (Lipinski definition) is 4. The zero-order valence-corrected chi connectivity index (χ0v) is 8.16. The minimum absolute atomic E-state index is 0.246. The number of hydrogen-bond donors (Lipinski definition) is 4. The van der Waals surface area contributed by atoms with Crippen molar-refractivity contribution in [2.75, 3.05) is 0 Å². The Morgan fingerprint density at radius 3 is 2.60 bits per heavy atom. The van der Waals surface area contributed by atoms with Crippen LogP contribution in [0.4, 0.5) is 0 Å². The summed E-state index contributed by atoms with van der Waals surface area (Å²) in [5, 5.41) is 6.46. The van der Waals surface area contributed by atoms with E-state index in [9.17, 15) is 0 Å². The van der Waals surface area contributed by atoms with Crippen LogP contribution in [-0.2, 0) is 0 Å². The van der Waals surface area contributed by atoms with Crippen LogP contribution in [0, 0.1) is 0 Å². The van der Waals surface area contributed by atoms with Gasteiger partial charge >= 0.3 is 0 Å². The van der Waals surface area contributed by atoms with Crippen molar-refractivity contribution in [3.63, 3.8) is 0 Å². The summed E-state index contributed by atoms with van der Waals surface area (Å²) in [5.74, 6) is 0. The first-order chi connectivity index (χ1) is 4.61. The molecule has 2 N–H and O–H groups in total. The van der Waals surface area contributed by atoms with Gasteiger partial charge in [-0.25, -0.2) is 0 Å². The topological polar surface area (TPSA) is 27.3 Å².